The topological polar surface area (TPSA) is 56.1 Å². The van der Waals surface area contributed by atoms with E-state index in [9.17, 15) is 4.79 Å². The fraction of sp³-hybridized carbons (Fsp3) is 0.154. The van der Waals surface area contributed by atoms with Crippen molar-refractivity contribution in [2.75, 3.05) is 7.11 Å². The van der Waals surface area contributed by atoms with Gasteiger partial charge < -0.3 is 14.6 Å². The number of aromatic nitrogens is 2. The summed E-state index contributed by atoms with van der Waals surface area (Å²) in [6.45, 7) is 0.474. The van der Waals surface area contributed by atoms with Gasteiger partial charge in [-0.2, -0.15) is 0 Å². The first-order valence-corrected chi connectivity index (χ1v) is 10.8. The second-order valence-electron chi connectivity index (χ2n) is 7.39. The van der Waals surface area contributed by atoms with Gasteiger partial charge in [-0.05, 0) is 72.1 Å². The van der Waals surface area contributed by atoms with Crippen molar-refractivity contribution in [3.63, 3.8) is 0 Å². The number of ether oxygens (including phenoxy) is 1. The Morgan fingerprint density at radius 1 is 1.03 bits per heavy atom. The van der Waals surface area contributed by atoms with E-state index >= 15 is 0 Å². The van der Waals surface area contributed by atoms with Gasteiger partial charge in [0.05, 0.1) is 12.8 Å². The predicted molar refractivity (Wildman–Crippen MR) is 127 cm³/mol. The molecule has 0 aliphatic heterocycles. The molecule has 4 rings (SSSR count). The summed E-state index contributed by atoms with van der Waals surface area (Å²) >= 11 is 6.08. The van der Waals surface area contributed by atoms with Crippen LogP contribution in [0, 0.1) is 0 Å². The smallest absolute Gasteiger partial charge is 0.220 e. The molecule has 0 saturated heterocycles. The number of methoxy groups -OCH3 is 1. The number of rotatable bonds is 8. The molecule has 2 aromatic carbocycles. The van der Waals surface area contributed by atoms with Gasteiger partial charge in [-0.15, -0.1) is 0 Å². The van der Waals surface area contributed by atoms with Crippen molar-refractivity contribution in [2.45, 2.75) is 19.4 Å². The van der Waals surface area contributed by atoms with Crippen molar-refractivity contribution in [1.29, 1.82) is 0 Å². The number of benzene rings is 2. The lowest BCUT2D eigenvalue weighted by atomic mass is 10.1. The van der Waals surface area contributed by atoms with Gasteiger partial charge in [-0.3, -0.25) is 9.78 Å². The number of halogens is 1. The summed E-state index contributed by atoms with van der Waals surface area (Å²) in [5.74, 6) is 0.801. The molecule has 6 heteroatoms. The van der Waals surface area contributed by atoms with Crippen molar-refractivity contribution in [3.05, 3.63) is 101 Å². The monoisotopic (exact) mass is 445 g/mol. The van der Waals surface area contributed by atoms with Crippen LogP contribution >= 0.6 is 11.6 Å². The number of carbonyl (C=O) groups is 1. The van der Waals surface area contributed by atoms with Crippen LogP contribution in [0.1, 0.15) is 17.7 Å². The van der Waals surface area contributed by atoms with Gasteiger partial charge in [0.25, 0.3) is 0 Å². The maximum Gasteiger partial charge on any atom is 0.220 e. The number of nitrogens with one attached hydrogen (secondary N) is 1. The van der Waals surface area contributed by atoms with Crippen LogP contribution < -0.4 is 10.1 Å². The Bertz CT molecular complexity index is 1170. The van der Waals surface area contributed by atoms with E-state index in [-0.39, 0.29) is 5.91 Å². The van der Waals surface area contributed by atoms with Gasteiger partial charge in [0.2, 0.25) is 5.91 Å². The van der Waals surface area contributed by atoms with Crippen molar-refractivity contribution >= 4 is 17.5 Å². The molecule has 0 atom stereocenters. The summed E-state index contributed by atoms with van der Waals surface area (Å²) in [5, 5.41) is 3.66. The lowest BCUT2D eigenvalue weighted by Crippen LogP contribution is -2.23. The predicted octanol–water partition coefficient (Wildman–Crippen LogP) is 5.45. The Hall–Kier alpha value is -3.57. The highest BCUT2D eigenvalue weighted by molar-refractivity contribution is 6.30. The molecular formula is C26H24ClN3O2. The lowest BCUT2D eigenvalue weighted by molar-refractivity contribution is -0.121. The summed E-state index contributed by atoms with van der Waals surface area (Å²) in [6.07, 6.45) is 4.48. The van der Waals surface area contributed by atoms with E-state index in [1.54, 1.807) is 19.5 Å². The number of nitrogens with zero attached hydrogens (tertiary/aromatic N) is 2. The third-order valence-electron chi connectivity index (χ3n) is 5.25. The Labute approximate surface area is 192 Å². The molecule has 0 spiro atoms. The molecule has 0 aliphatic rings. The number of aryl methyl sites for hydroxylation is 1. The van der Waals surface area contributed by atoms with E-state index in [4.69, 9.17) is 16.3 Å². The quantitative estimate of drug-likeness (QED) is 0.392. The fourth-order valence-electron chi connectivity index (χ4n) is 3.59. The second-order valence-corrected chi connectivity index (χ2v) is 7.82. The molecule has 0 saturated carbocycles. The minimum Gasteiger partial charge on any atom is -0.497 e. The van der Waals surface area contributed by atoms with Crippen molar-refractivity contribution in [2.24, 2.45) is 0 Å². The highest BCUT2D eigenvalue weighted by Crippen LogP contribution is 2.29. The van der Waals surface area contributed by atoms with Crippen LogP contribution in [-0.4, -0.2) is 22.6 Å². The summed E-state index contributed by atoms with van der Waals surface area (Å²) < 4.78 is 7.48. The standard InChI is InChI=1S/C26H24ClN3O2/c1-32-24-12-8-22(9-13-24)30-23(10-14-25(30)20-4-6-21(27)7-5-20)11-15-26(31)29-18-19-3-2-16-28-17-19/h2-10,12-14,16-17H,11,15,18H2,1H3,(H,29,31). The molecular weight excluding hydrogens is 422 g/mol. The zero-order valence-electron chi connectivity index (χ0n) is 17.8. The molecule has 0 radical (unpaired) electrons. The Kier molecular flexibility index (Phi) is 6.87. The number of pyridine rings is 1. The molecule has 1 N–H and O–H groups in total. The zero-order chi connectivity index (χ0) is 22.3. The van der Waals surface area contributed by atoms with E-state index in [1.165, 1.54) is 0 Å². The van der Waals surface area contributed by atoms with Crippen LogP contribution in [0.3, 0.4) is 0 Å². The fourth-order valence-corrected chi connectivity index (χ4v) is 3.72. The Morgan fingerprint density at radius 2 is 1.81 bits per heavy atom. The first-order chi connectivity index (χ1) is 15.6. The highest BCUT2D eigenvalue weighted by Gasteiger charge is 2.14. The minimum atomic E-state index is 0.00405. The molecule has 0 bridgehead atoms. The van der Waals surface area contributed by atoms with Crippen LogP contribution in [-0.2, 0) is 17.8 Å². The van der Waals surface area contributed by atoms with Gasteiger partial charge in [0.1, 0.15) is 5.75 Å². The first kappa shape index (κ1) is 21.7. The Morgan fingerprint density at radius 3 is 2.50 bits per heavy atom. The number of carbonyl (C=O) groups excluding carboxylic acids is 1. The number of hydrogen-bond acceptors (Lipinski definition) is 3. The number of amides is 1. The van der Waals surface area contributed by atoms with E-state index in [0.717, 1.165) is 34.0 Å². The van der Waals surface area contributed by atoms with Gasteiger partial charge in [0, 0.05) is 41.8 Å². The zero-order valence-corrected chi connectivity index (χ0v) is 18.5. The van der Waals surface area contributed by atoms with Crippen molar-refractivity contribution < 1.29 is 9.53 Å². The van der Waals surface area contributed by atoms with Crippen LogP contribution in [0.2, 0.25) is 5.02 Å². The molecule has 0 fully saturated rings. The molecule has 0 aliphatic carbocycles. The molecule has 2 aromatic heterocycles. The first-order valence-electron chi connectivity index (χ1n) is 10.4. The molecule has 4 aromatic rings. The average Bonchev–Trinajstić information content (AvgIpc) is 3.26. The van der Waals surface area contributed by atoms with Crippen molar-refractivity contribution in [3.8, 4) is 22.7 Å². The molecule has 2 heterocycles. The van der Waals surface area contributed by atoms with E-state index < -0.39 is 0 Å². The summed E-state index contributed by atoms with van der Waals surface area (Å²) in [4.78, 5) is 16.5. The average molecular weight is 446 g/mol. The molecule has 0 unspecified atom stereocenters. The molecule has 32 heavy (non-hydrogen) atoms. The summed E-state index contributed by atoms with van der Waals surface area (Å²) in [7, 11) is 1.65. The minimum absolute atomic E-state index is 0.00405. The largest absolute Gasteiger partial charge is 0.497 e. The normalized spacial score (nSPS) is 10.7. The molecule has 5 nitrogen and oxygen atoms in total. The number of hydrogen-bond donors (Lipinski definition) is 1. The van der Waals surface area contributed by atoms with Gasteiger partial charge in [-0.25, -0.2) is 0 Å². The van der Waals surface area contributed by atoms with Crippen LogP contribution in [0.4, 0.5) is 0 Å². The third kappa shape index (κ3) is 5.18. The van der Waals surface area contributed by atoms with E-state index in [1.807, 2.05) is 60.7 Å². The lowest BCUT2D eigenvalue weighted by Gasteiger charge is -2.15. The SMILES string of the molecule is COc1ccc(-n2c(CCC(=O)NCc3cccnc3)ccc2-c2ccc(Cl)cc2)cc1. The van der Waals surface area contributed by atoms with Crippen LogP contribution in [0.25, 0.3) is 16.9 Å². The van der Waals surface area contributed by atoms with Gasteiger partial charge >= 0.3 is 0 Å². The van der Waals surface area contributed by atoms with E-state index in [0.29, 0.717) is 24.4 Å². The Balaban J connectivity index is 1.55. The van der Waals surface area contributed by atoms with E-state index in [2.05, 4.69) is 27.0 Å². The van der Waals surface area contributed by atoms with Gasteiger partial charge in [-0.1, -0.05) is 29.8 Å². The van der Waals surface area contributed by atoms with Crippen LogP contribution in [0.15, 0.2) is 85.2 Å². The van der Waals surface area contributed by atoms with Gasteiger partial charge in [0.15, 0.2) is 0 Å². The van der Waals surface area contributed by atoms with Crippen LogP contribution in [0.5, 0.6) is 5.75 Å². The maximum atomic E-state index is 12.5. The summed E-state index contributed by atoms with van der Waals surface area (Å²) in [6, 6.07) is 23.6. The highest BCUT2D eigenvalue weighted by atomic mass is 35.5. The second kappa shape index (κ2) is 10.2. The molecule has 162 valence electrons. The molecule has 1 amide bonds. The third-order valence-corrected chi connectivity index (χ3v) is 5.50. The maximum absolute atomic E-state index is 12.5. The summed E-state index contributed by atoms with van der Waals surface area (Å²) in [5.41, 5.74) is 5.13. The van der Waals surface area contributed by atoms with Crippen molar-refractivity contribution in [1.82, 2.24) is 14.9 Å².